The molecular formula is C13H23Cl2N3. The van der Waals surface area contributed by atoms with Crippen LogP contribution in [0.1, 0.15) is 24.9 Å². The molecule has 0 spiro atoms. The number of likely N-dealkylation sites (tertiary alicyclic amines) is 1. The smallest absolute Gasteiger partial charge is 0.0335 e. The maximum atomic E-state index is 4.19. The van der Waals surface area contributed by atoms with E-state index >= 15 is 0 Å². The van der Waals surface area contributed by atoms with Gasteiger partial charge in [0.05, 0.1) is 0 Å². The Bertz CT molecular complexity index is 321. The van der Waals surface area contributed by atoms with Crippen molar-refractivity contribution < 1.29 is 0 Å². The summed E-state index contributed by atoms with van der Waals surface area (Å²) in [5, 5.41) is 3.27. The summed E-state index contributed by atoms with van der Waals surface area (Å²) >= 11 is 0. The molecule has 1 N–H and O–H groups in total. The molecule has 1 aromatic heterocycles. The van der Waals surface area contributed by atoms with Crippen LogP contribution >= 0.6 is 24.8 Å². The van der Waals surface area contributed by atoms with Crippen molar-refractivity contribution in [2.45, 2.75) is 19.4 Å². The van der Waals surface area contributed by atoms with Gasteiger partial charge in [-0.2, -0.15) is 0 Å². The zero-order valence-corrected chi connectivity index (χ0v) is 12.6. The predicted molar refractivity (Wildman–Crippen MR) is 80.8 cm³/mol. The van der Waals surface area contributed by atoms with Crippen molar-refractivity contribution in [3.05, 3.63) is 30.1 Å². The van der Waals surface area contributed by atoms with Crippen LogP contribution in [0.4, 0.5) is 0 Å². The highest BCUT2D eigenvalue weighted by molar-refractivity contribution is 5.85. The van der Waals surface area contributed by atoms with Gasteiger partial charge < -0.3 is 5.32 Å². The van der Waals surface area contributed by atoms with Gasteiger partial charge in [0.2, 0.25) is 0 Å². The van der Waals surface area contributed by atoms with E-state index in [0.29, 0.717) is 6.04 Å². The largest absolute Gasteiger partial charge is 0.319 e. The summed E-state index contributed by atoms with van der Waals surface area (Å²) in [7, 11) is 2.03. The number of hydrogen-bond acceptors (Lipinski definition) is 3. The lowest BCUT2D eigenvalue weighted by Crippen LogP contribution is -2.27. The van der Waals surface area contributed by atoms with Gasteiger partial charge in [-0.05, 0) is 51.0 Å². The van der Waals surface area contributed by atoms with Gasteiger partial charge in [0, 0.05) is 25.0 Å². The fraction of sp³-hybridized carbons (Fsp3) is 0.615. The molecule has 18 heavy (non-hydrogen) atoms. The van der Waals surface area contributed by atoms with Crippen molar-refractivity contribution in [3.8, 4) is 0 Å². The van der Waals surface area contributed by atoms with Crippen molar-refractivity contribution in [2.24, 2.45) is 5.92 Å². The summed E-state index contributed by atoms with van der Waals surface area (Å²) in [5.41, 5.74) is 1.33. The molecule has 2 heterocycles. The van der Waals surface area contributed by atoms with E-state index in [9.17, 15) is 0 Å². The zero-order chi connectivity index (χ0) is 11.4. The molecule has 1 aliphatic rings. The van der Waals surface area contributed by atoms with Crippen LogP contribution in [0.2, 0.25) is 0 Å². The second-order valence-electron chi connectivity index (χ2n) is 4.67. The highest BCUT2D eigenvalue weighted by atomic mass is 35.5. The Kier molecular flexibility index (Phi) is 8.53. The van der Waals surface area contributed by atoms with E-state index in [1.54, 1.807) is 0 Å². The average Bonchev–Trinajstić information content (AvgIpc) is 2.78. The Balaban J connectivity index is 0.00000144. The summed E-state index contributed by atoms with van der Waals surface area (Å²) in [5.74, 6) is 0.809. The number of nitrogens with zero attached hydrogens (tertiary/aromatic N) is 2. The first-order valence-corrected chi connectivity index (χ1v) is 6.10. The first-order chi connectivity index (χ1) is 7.81. The van der Waals surface area contributed by atoms with Crippen LogP contribution in [0.25, 0.3) is 0 Å². The van der Waals surface area contributed by atoms with Gasteiger partial charge in [-0.15, -0.1) is 24.8 Å². The Morgan fingerprint density at radius 3 is 2.89 bits per heavy atom. The van der Waals surface area contributed by atoms with Gasteiger partial charge in [-0.25, -0.2) is 0 Å². The minimum Gasteiger partial charge on any atom is -0.319 e. The van der Waals surface area contributed by atoms with Crippen molar-refractivity contribution in [2.75, 3.05) is 26.7 Å². The van der Waals surface area contributed by atoms with Crippen LogP contribution in [0.3, 0.4) is 0 Å². The third-order valence-electron chi connectivity index (χ3n) is 3.52. The Labute approximate surface area is 122 Å². The Morgan fingerprint density at radius 2 is 2.28 bits per heavy atom. The van der Waals surface area contributed by atoms with Gasteiger partial charge in [0.15, 0.2) is 0 Å². The molecule has 1 aliphatic heterocycles. The van der Waals surface area contributed by atoms with Gasteiger partial charge in [-0.3, -0.25) is 9.88 Å². The Hall–Kier alpha value is -0.350. The quantitative estimate of drug-likeness (QED) is 0.924. The molecule has 0 saturated carbocycles. The molecule has 2 rings (SSSR count). The van der Waals surface area contributed by atoms with E-state index in [0.717, 1.165) is 12.5 Å². The second-order valence-corrected chi connectivity index (χ2v) is 4.67. The molecule has 3 nitrogen and oxygen atoms in total. The summed E-state index contributed by atoms with van der Waals surface area (Å²) in [6.07, 6.45) is 5.13. The SMILES string of the molecule is CNCC1CCN(C(C)c2cccnc2)C1.Cl.Cl. The summed E-state index contributed by atoms with van der Waals surface area (Å²) in [4.78, 5) is 6.75. The van der Waals surface area contributed by atoms with Gasteiger partial charge in [0.1, 0.15) is 0 Å². The molecule has 0 aromatic carbocycles. The third-order valence-corrected chi connectivity index (χ3v) is 3.52. The second kappa shape index (κ2) is 8.70. The van der Waals surface area contributed by atoms with Crippen LogP contribution in [-0.4, -0.2) is 36.6 Å². The Morgan fingerprint density at radius 1 is 1.50 bits per heavy atom. The van der Waals surface area contributed by atoms with Crippen LogP contribution < -0.4 is 5.32 Å². The molecule has 5 heteroatoms. The first kappa shape index (κ1) is 17.6. The van der Waals surface area contributed by atoms with Crippen LogP contribution in [-0.2, 0) is 0 Å². The van der Waals surface area contributed by atoms with E-state index in [4.69, 9.17) is 0 Å². The molecule has 1 saturated heterocycles. The van der Waals surface area contributed by atoms with Crippen molar-refractivity contribution in [3.63, 3.8) is 0 Å². The first-order valence-electron chi connectivity index (χ1n) is 6.10. The number of rotatable bonds is 4. The van der Waals surface area contributed by atoms with Gasteiger partial charge in [0.25, 0.3) is 0 Å². The number of nitrogens with one attached hydrogen (secondary N) is 1. The lowest BCUT2D eigenvalue weighted by molar-refractivity contribution is 0.252. The van der Waals surface area contributed by atoms with Crippen LogP contribution in [0.15, 0.2) is 24.5 Å². The molecular weight excluding hydrogens is 269 g/mol. The van der Waals surface area contributed by atoms with Gasteiger partial charge in [-0.1, -0.05) is 6.07 Å². The summed E-state index contributed by atoms with van der Waals surface area (Å²) in [6.45, 7) is 5.83. The zero-order valence-electron chi connectivity index (χ0n) is 11.0. The number of halogens is 2. The fourth-order valence-electron chi connectivity index (χ4n) is 2.50. The standard InChI is InChI=1S/C13H21N3.2ClH/c1-11(13-4-3-6-15-9-13)16-7-5-12(10-16)8-14-2;;/h3-4,6,9,11-12,14H,5,7-8,10H2,1-2H3;2*1H. The molecule has 1 aromatic rings. The van der Waals surface area contributed by atoms with E-state index in [1.807, 2.05) is 25.5 Å². The molecule has 0 aliphatic carbocycles. The van der Waals surface area contributed by atoms with Crippen molar-refractivity contribution >= 4 is 24.8 Å². The normalized spacial score (nSPS) is 20.9. The predicted octanol–water partition coefficient (Wildman–Crippen LogP) is 2.53. The fourth-order valence-corrected chi connectivity index (χ4v) is 2.50. The van der Waals surface area contributed by atoms with E-state index in [2.05, 4.69) is 28.2 Å². The van der Waals surface area contributed by atoms with Crippen molar-refractivity contribution in [1.82, 2.24) is 15.2 Å². The minimum absolute atomic E-state index is 0. The molecule has 1 fully saturated rings. The number of pyridine rings is 1. The summed E-state index contributed by atoms with van der Waals surface area (Å²) in [6, 6.07) is 4.69. The monoisotopic (exact) mass is 291 g/mol. The molecule has 0 amide bonds. The maximum Gasteiger partial charge on any atom is 0.0335 e. The maximum absolute atomic E-state index is 4.19. The molecule has 2 unspecified atom stereocenters. The third kappa shape index (κ3) is 4.39. The highest BCUT2D eigenvalue weighted by Crippen LogP contribution is 2.26. The lowest BCUT2D eigenvalue weighted by Gasteiger charge is -2.24. The van der Waals surface area contributed by atoms with E-state index < -0.39 is 0 Å². The molecule has 104 valence electrons. The lowest BCUT2D eigenvalue weighted by atomic mass is 10.1. The van der Waals surface area contributed by atoms with Crippen LogP contribution in [0.5, 0.6) is 0 Å². The van der Waals surface area contributed by atoms with E-state index in [-0.39, 0.29) is 24.8 Å². The minimum atomic E-state index is 0. The van der Waals surface area contributed by atoms with Crippen LogP contribution in [0, 0.1) is 5.92 Å². The van der Waals surface area contributed by atoms with Crippen molar-refractivity contribution in [1.29, 1.82) is 0 Å². The topological polar surface area (TPSA) is 28.2 Å². The number of hydrogen-bond donors (Lipinski definition) is 1. The highest BCUT2D eigenvalue weighted by Gasteiger charge is 2.26. The molecule has 2 atom stereocenters. The average molecular weight is 292 g/mol. The van der Waals surface area contributed by atoms with Gasteiger partial charge >= 0.3 is 0 Å². The molecule has 0 bridgehead atoms. The summed E-state index contributed by atoms with van der Waals surface area (Å²) < 4.78 is 0. The van der Waals surface area contributed by atoms with E-state index in [1.165, 1.54) is 25.1 Å². The number of aromatic nitrogens is 1. The molecule has 0 radical (unpaired) electrons.